The first-order chi connectivity index (χ1) is 13.4. The van der Waals surface area contributed by atoms with Gasteiger partial charge in [0.1, 0.15) is 0 Å². The maximum absolute atomic E-state index is 11.7. The highest BCUT2D eigenvalue weighted by molar-refractivity contribution is 7.69. The van der Waals surface area contributed by atoms with E-state index in [0.717, 1.165) is 11.1 Å². The highest BCUT2D eigenvalue weighted by Crippen LogP contribution is 2.56. The molecule has 0 aromatic heterocycles. The fourth-order valence-electron chi connectivity index (χ4n) is 3.09. The van der Waals surface area contributed by atoms with Crippen LogP contribution in [-0.4, -0.2) is 4.89 Å². The lowest BCUT2D eigenvalue weighted by molar-refractivity contribution is 0.358. The Morgan fingerprint density at radius 1 is 0.607 bits per heavy atom. The van der Waals surface area contributed by atoms with Gasteiger partial charge >= 0.3 is 7.94 Å². The molecule has 0 aliphatic rings. The van der Waals surface area contributed by atoms with Crippen LogP contribution in [0.5, 0.6) is 11.5 Å². The van der Waals surface area contributed by atoms with Crippen LogP contribution in [0.2, 0.25) is 0 Å². The van der Waals surface area contributed by atoms with E-state index in [2.05, 4.69) is 27.7 Å². The molecule has 0 fully saturated rings. The monoisotopic (exact) mass is 395 g/mol. The van der Waals surface area contributed by atoms with Crippen molar-refractivity contribution in [1.29, 1.82) is 0 Å². The molecule has 3 aromatic carbocycles. The summed E-state index contributed by atoms with van der Waals surface area (Å²) in [6, 6.07) is 25.0. The third-order valence-corrected chi connectivity index (χ3v) is 6.45. The van der Waals surface area contributed by atoms with Crippen LogP contribution < -0.4 is 14.4 Å². The predicted molar refractivity (Wildman–Crippen MR) is 118 cm³/mol. The standard InChI is InChI=1S/C24H28O3P/c1-18(2)21-14-8-10-16-23(21)26-28(25,20-12-6-5-7-13-20)27-24-17-11-9-15-22(24)19(3)4/h5-19,25H,1-4H3/q+1. The maximum Gasteiger partial charge on any atom is 0.533 e. The van der Waals surface area contributed by atoms with Crippen molar-refractivity contribution in [3.05, 3.63) is 90.0 Å². The van der Waals surface area contributed by atoms with Gasteiger partial charge in [-0.25, -0.2) is 0 Å². The quantitative estimate of drug-likeness (QED) is 0.466. The normalized spacial score (nSPS) is 11.7. The fraction of sp³-hybridized carbons (Fsp3) is 0.250. The molecule has 0 radical (unpaired) electrons. The molecule has 0 saturated carbocycles. The summed E-state index contributed by atoms with van der Waals surface area (Å²) < 4.78 is 12.5. The second kappa shape index (κ2) is 8.77. The Labute approximate surface area is 168 Å². The molecule has 146 valence electrons. The van der Waals surface area contributed by atoms with Gasteiger partial charge in [0, 0.05) is 11.1 Å². The van der Waals surface area contributed by atoms with E-state index in [1.165, 1.54) is 0 Å². The van der Waals surface area contributed by atoms with E-state index in [9.17, 15) is 4.89 Å². The van der Waals surface area contributed by atoms with Crippen LogP contribution in [-0.2, 0) is 0 Å². The second-order valence-corrected chi connectivity index (χ2v) is 9.35. The minimum atomic E-state index is -3.40. The lowest BCUT2D eigenvalue weighted by Gasteiger charge is -2.21. The van der Waals surface area contributed by atoms with Gasteiger partial charge in [-0.3, -0.25) is 9.05 Å². The summed E-state index contributed by atoms with van der Waals surface area (Å²) in [4.78, 5) is 11.7. The Morgan fingerprint density at radius 3 is 1.43 bits per heavy atom. The molecule has 0 aliphatic heterocycles. The van der Waals surface area contributed by atoms with Gasteiger partial charge in [-0.15, -0.1) is 0 Å². The smallest absolute Gasteiger partial charge is 0.273 e. The van der Waals surface area contributed by atoms with E-state index >= 15 is 0 Å². The first-order valence-corrected chi connectivity index (χ1v) is 11.2. The van der Waals surface area contributed by atoms with E-state index < -0.39 is 7.94 Å². The molecule has 3 nitrogen and oxygen atoms in total. The molecule has 0 spiro atoms. The highest BCUT2D eigenvalue weighted by Gasteiger charge is 2.48. The van der Waals surface area contributed by atoms with Crippen LogP contribution in [0.15, 0.2) is 78.9 Å². The van der Waals surface area contributed by atoms with E-state index in [4.69, 9.17) is 9.05 Å². The minimum Gasteiger partial charge on any atom is -0.273 e. The number of benzene rings is 3. The van der Waals surface area contributed by atoms with Gasteiger partial charge in [-0.1, -0.05) is 82.3 Å². The predicted octanol–water partition coefficient (Wildman–Crippen LogP) is 6.47. The van der Waals surface area contributed by atoms with Gasteiger partial charge in [0.05, 0.1) is 0 Å². The molecule has 0 unspecified atom stereocenters. The molecule has 0 saturated heterocycles. The van der Waals surface area contributed by atoms with Crippen molar-refractivity contribution in [1.82, 2.24) is 0 Å². The molecular weight excluding hydrogens is 367 g/mol. The average Bonchev–Trinajstić information content (AvgIpc) is 2.69. The third-order valence-electron chi connectivity index (χ3n) is 4.61. The Kier molecular flexibility index (Phi) is 6.39. The summed E-state index contributed by atoms with van der Waals surface area (Å²) in [6.45, 7) is 8.43. The first-order valence-electron chi connectivity index (χ1n) is 9.65. The topological polar surface area (TPSA) is 38.7 Å². The van der Waals surface area contributed by atoms with E-state index in [1.807, 2.05) is 78.9 Å². The number of hydrogen-bond donors (Lipinski definition) is 1. The summed E-state index contributed by atoms with van der Waals surface area (Å²) in [5.74, 6) is 1.84. The second-order valence-electron chi connectivity index (χ2n) is 7.42. The van der Waals surface area contributed by atoms with Gasteiger partial charge in [0.15, 0.2) is 11.5 Å². The first kappa shape index (κ1) is 20.4. The minimum absolute atomic E-state index is 0.267. The zero-order valence-electron chi connectivity index (χ0n) is 16.9. The number of para-hydroxylation sites is 2. The van der Waals surface area contributed by atoms with Crippen molar-refractivity contribution in [2.75, 3.05) is 0 Å². The molecule has 1 N–H and O–H groups in total. The van der Waals surface area contributed by atoms with Crippen molar-refractivity contribution in [2.24, 2.45) is 0 Å². The molecule has 0 heterocycles. The van der Waals surface area contributed by atoms with Crippen molar-refractivity contribution >= 4 is 13.2 Å². The molecule has 28 heavy (non-hydrogen) atoms. The Morgan fingerprint density at radius 2 is 1.00 bits per heavy atom. The molecule has 0 bridgehead atoms. The molecule has 4 heteroatoms. The zero-order valence-corrected chi connectivity index (χ0v) is 17.8. The molecule has 3 rings (SSSR count). The maximum atomic E-state index is 11.7. The van der Waals surface area contributed by atoms with Gasteiger partial charge < -0.3 is 0 Å². The third kappa shape index (κ3) is 4.55. The van der Waals surface area contributed by atoms with Gasteiger partial charge in [-0.05, 0) is 36.1 Å². The van der Waals surface area contributed by atoms with E-state index in [1.54, 1.807) is 0 Å². The Balaban J connectivity index is 2.06. The van der Waals surface area contributed by atoms with E-state index in [-0.39, 0.29) is 11.8 Å². The summed E-state index contributed by atoms with van der Waals surface area (Å²) >= 11 is 0. The SMILES string of the molecule is CC(C)c1ccccc1O[P+](O)(Oc1ccccc1C(C)C)c1ccccc1. The molecule has 0 aliphatic carbocycles. The van der Waals surface area contributed by atoms with Crippen LogP contribution in [0.3, 0.4) is 0 Å². The van der Waals surface area contributed by atoms with Crippen molar-refractivity contribution in [3.63, 3.8) is 0 Å². The largest absolute Gasteiger partial charge is 0.533 e. The molecular formula is C24H28O3P+. The number of hydrogen-bond acceptors (Lipinski definition) is 3. The van der Waals surface area contributed by atoms with Crippen LogP contribution in [0.4, 0.5) is 0 Å². The Hall–Kier alpha value is -2.35. The van der Waals surface area contributed by atoms with Gasteiger partial charge in [0.25, 0.3) is 0 Å². The summed E-state index contributed by atoms with van der Waals surface area (Å²) in [5.41, 5.74) is 2.08. The lowest BCUT2D eigenvalue weighted by Crippen LogP contribution is -2.21. The molecule has 0 atom stereocenters. The fourth-order valence-corrected chi connectivity index (χ4v) is 4.75. The molecule has 0 amide bonds. The summed E-state index contributed by atoms with van der Waals surface area (Å²) in [5, 5.41) is 0.645. The summed E-state index contributed by atoms with van der Waals surface area (Å²) in [6.07, 6.45) is 0. The average molecular weight is 395 g/mol. The van der Waals surface area contributed by atoms with Gasteiger partial charge in [0.2, 0.25) is 5.30 Å². The van der Waals surface area contributed by atoms with Crippen LogP contribution >= 0.6 is 7.94 Å². The summed E-state index contributed by atoms with van der Waals surface area (Å²) in [7, 11) is -3.40. The Bertz CT molecular complexity index is 853. The lowest BCUT2D eigenvalue weighted by atomic mass is 10.0. The van der Waals surface area contributed by atoms with Crippen molar-refractivity contribution < 1.29 is 13.9 Å². The highest BCUT2D eigenvalue weighted by atomic mass is 31.2. The van der Waals surface area contributed by atoms with Gasteiger partial charge in [-0.2, -0.15) is 4.89 Å². The van der Waals surface area contributed by atoms with Crippen LogP contribution in [0.25, 0.3) is 0 Å². The van der Waals surface area contributed by atoms with Crippen LogP contribution in [0, 0.1) is 0 Å². The zero-order chi connectivity index (χ0) is 20.1. The number of rotatable bonds is 7. The van der Waals surface area contributed by atoms with E-state index in [0.29, 0.717) is 16.8 Å². The van der Waals surface area contributed by atoms with Crippen LogP contribution in [0.1, 0.15) is 50.7 Å². The van der Waals surface area contributed by atoms with Crippen molar-refractivity contribution in [2.45, 2.75) is 39.5 Å². The molecule has 3 aromatic rings. The van der Waals surface area contributed by atoms with Crippen molar-refractivity contribution in [3.8, 4) is 11.5 Å².